The molecule has 9 heteroatoms. The minimum atomic E-state index is 0. The molecule has 0 saturated carbocycles. The molecule has 2 bridgehead atoms. The van der Waals surface area contributed by atoms with Gasteiger partial charge >= 0.3 is 0 Å². The third-order valence-corrected chi connectivity index (χ3v) is 5.60. The molecule has 1 aromatic carbocycles. The molecule has 0 aliphatic carbocycles. The van der Waals surface area contributed by atoms with Crippen molar-refractivity contribution in [2.45, 2.75) is 57.5 Å². The molecule has 3 unspecified atom stereocenters. The molecule has 2 fully saturated rings. The predicted molar refractivity (Wildman–Crippen MR) is 122 cm³/mol. The summed E-state index contributed by atoms with van der Waals surface area (Å²) in [6.07, 6.45) is 4.02. The van der Waals surface area contributed by atoms with E-state index in [-0.39, 0.29) is 30.1 Å². The van der Waals surface area contributed by atoms with Crippen LogP contribution < -0.4 is 15.4 Å². The highest BCUT2D eigenvalue weighted by atomic mass is 127. The van der Waals surface area contributed by atoms with Crippen LogP contribution in [0.5, 0.6) is 5.75 Å². The molecule has 1 aromatic heterocycles. The van der Waals surface area contributed by atoms with E-state index in [2.05, 4.69) is 20.8 Å². The van der Waals surface area contributed by atoms with Gasteiger partial charge in [0.05, 0.1) is 38.4 Å². The first-order chi connectivity index (χ1) is 13.6. The fourth-order valence-corrected chi connectivity index (χ4v) is 3.79. The number of aromatic nitrogens is 3. The number of aliphatic imine (C=N–C) groups is 1. The van der Waals surface area contributed by atoms with E-state index < -0.39 is 0 Å². The van der Waals surface area contributed by atoms with E-state index in [1.807, 2.05) is 42.8 Å². The Hall–Kier alpha value is -1.88. The molecular formula is C20H29IN6O2. The summed E-state index contributed by atoms with van der Waals surface area (Å²) in [5.74, 6) is 3.39. The van der Waals surface area contributed by atoms with Crippen LogP contribution in [0.1, 0.15) is 36.5 Å². The van der Waals surface area contributed by atoms with Crippen LogP contribution in [-0.2, 0) is 24.9 Å². The average molecular weight is 512 g/mol. The number of fused-ring (bicyclic) bond motifs is 2. The Balaban J connectivity index is 0.00000240. The van der Waals surface area contributed by atoms with Gasteiger partial charge in [0, 0.05) is 7.05 Å². The van der Waals surface area contributed by atoms with Gasteiger partial charge in [0.15, 0.2) is 11.8 Å². The van der Waals surface area contributed by atoms with Crippen LogP contribution in [0.2, 0.25) is 0 Å². The van der Waals surface area contributed by atoms with Crippen molar-refractivity contribution in [2.75, 3.05) is 7.11 Å². The molecule has 4 rings (SSSR count). The van der Waals surface area contributed by atoms with E-state index in [1.165, 1.54) is 6.42 Å². The van der Waals surface area contributed by atoms with Crippen LogP contribution in [0.25, 0.3) is 0 Å². The third kappa shape index (κ3) is 5.19. The Bertz CT molecular complexity index is 838. The Morgan fingerprint density at radius 1 is 1.28 bits per heavy atom. The van der Waals surface area contributed by atoms with E-state index in [1.54, 1.807) is 7.11 Å². The van der Waals surface area contributed by atoms with Crippen molar-refractivity contribution in [3.63, 3.8) is 0 Å². The zero-order valence-corrected chi connectivity index (χ0v) is 19.4. The zero-order valence-electron chi connectivity index (χ0n) is 17.1. The largest absolute Gasteiger partial charge is 0.497 e. The summed E-state index contributed by atoms with van der Waals surface area (Å²) < 4.78 is 13.2. The maximum absolute atomic E-state index is 5.97. The average Bonchev–Trinajstić information content (AvgIpc) is 3.42. The van der Waals surface area contributed by atoms with Gasteiger partial charge in [-0.2, -0.15) is 0 Å². The first-order valence-corrected chi connectivity index (χ1v) is 9.80. The molecule has 0 spiro atoms. The van der Waals surface area contributed by atoms with Crippen molar-refractivity contribution in [3.05, 3.63) is 41.5 Å². The van der Waals surface area contributed by atoms with Crippen molar-refractivity contribution in [1.82, 2.24) is 25.4 Å². The fourth-order valence-electron chi connectivity index (χ4n) is 3.79. The molecule has 2 N–H and O–H groups in total. The number of halogens is 1. The number of guanidine groups is 1. The fraction of sp³-hybridized carbons (Fsp3) is 0.550. The Kier molecular flexibility index (Phi) is 7.33. The number of nitrogens with one attached hydrogen (secondary N) is 2. The SMILES string of the molecule is COc1ccc(CN=C(NCc2nnc(C)n2C)NC2CC3CCC2O3)cc1.I. The van der Waals surface area contributed by atoms with E-state index in [9.17, 15) is 0 Å². The van der Waals surface area contributed by atoms with Crippen LogP contribution in [0.3, 0.4) is 0 Å². The van der Waals surface area contributed by atoms with Crippen molar-refractivity contribution in [2.24, 2.45) is 12.0 Å². The lowest BCUT2D eigenvalue weighted by atomic mass is 9.96. The summed E-state index contributed by atoms with van der Waals surface area (Å²) in [5, 5.41) is 15.3. The minimum Gasteiger partial charge on any atom is -0.497 e. The third-order valence-electron chi connectivity index (χ3n) is 5.60. The number of benzene rings is 1. The molecule has 2 aromatic rings. The highest BCUT2D eigenvalue weighted by Gasteiger charge is 2.41. The number of hydrogen-bond donors (Lipinski definition) is 2. The lowest BCUT2D eigenvalue weighted by Crippen LogP contribution is -2.47. The Morgan fingerprint density at radius 3 is 2.66 bits per heavy atom. The molecule has 3 atom stereocenters. The van der Waals surface area contributed by atoms with Crippen LogP contribution >= 0.6 is 24.0 Å². The van der Waals surface area contributed by atoms with Gasteiger partial charge in [-0.25, -0.2) is 4.99 Å². The summed E-state index contributed by atoms with van der Waals surface area (Å²) >= 11 is 0. The second-order valence-electron chi connectivity index (χ2n) is 7.45. The number of aryl methyl sites for hydroxylation is 1. The number of nitrogens with zero attached hydrogens (tertiary/aromatic N) is 4. The van der Waals surface area contributed by atoms with Gasteiger partial charge in [-0.15, -0.1) is 34.2 Å². The normalized spacial score (nSPS) is 23.0. The second kappa shape index (κ2) is 9.75. The lowest BCUT2D eigenvalue weighted by molar-refractivity contribution is 0.0992. The Morgan fingerprint density at radius 2 is 2.07 bits per heavy atom. The lowest BCUT2D eigenvalue weighted by Gasteiger charge is -2.23. The second-order valence-corrected chi connectivity index (χ2v) is 7.45. The van der Waals surface area contributed by atoms with Crippen LogP contribution in [0.4, 0.5) is 0 Å². The minimum absolute atomic E-state index is 0. The topological polar surface area (TPSA) is 85.6 Å². The molecular weight excluding hydrogens is 483 g/mol. The molecule has 2 aliphatic rings. The smallest absolute Gasteiger partial charge is 0.192 e. The Labute approximate surface area is 188 Å². The number of rotatable bonds is 6. The standard InChI is InChI=1S/C20H28N6O2.HI/c1-13-24-25-19(26(13)2)12-22-20(23-17-10-16-8-9-18(17)28-16)21-11-14-4-6-15(27-3)7-5-14;/h4-7,16-18H,8-12H2,1-3H3,(H2,21,22,23);1H. The number of methoxy groups -OCH3 is 1. The molecule has 0 amide bonds. The van der Waals surface area contributed by atoms with Gasteiger partial charge in [0.2, 0.25) is 0 Å². The summed E-state index contributed by atoms with van der Waals surface area (Å²) in [7, 11) is 3.64. The molecule has 29 heavy (non-hydrogen) atoms. The highest BCUT2D eigenvalue weighted by molar-refractivity contribution is 14.0. The van der Waals surface area contributed by atoms with Crippen molar-refractivity contribution in [3.8, 4) is 5.75 Å². The maximum atomic E-state index is 5.97. The maximum Gasteiger partial charge on any atom is 0.192 e. The van der Waals surface area contributed by atoms with Crippen molar-refractivity contribution in [1.29, 1.82) is 0 Å². The van der Waals surface area contributed by atoms with Gasteiger partial charge in [0.25, 0.3) is 0 Å². The molecule has 8 nitrogen and oxygen atoms in total. The van der Waals surface area contributed by atoms with E-state index in [0.29, 0.717) is 25.2 Å². The first-order valence-electron chi connectivity index (χ1n) is 9.80. The van der Waals surface area contributed by atoms with E-state index in [4.69, 9.17) is 14.5 Å². The molecule has 2 aliphatic heterocycles. The quantitative estimate of drug-likeness (QED) is 0.351. The van der Waals surface area contributed by atoms with E-state index in [0.717, 1.165) is 41.8 Å². The van der Waals surface area contributed by atoms with Gasteiger partial charge in [-0.1, -0.05) is 12.1 Å². The summed E-state index contributed by atoms with van der Waals surface area (Å²) in [6.45, 7) is 3.09. The predicted octanol–water partition coefficient (Wildman–Crippen LogP) is 2.31. The highest BCUT2D eigenvalue weighted by Crippen LogP contribution is 2.34. The summed E-state index contributed by atoms with van der Waals surface area (Å²) in [4.78, 5) is 4.79. The van der Waals surface area contributed by atoms with Gasteiger partial charge in [0.1, 0.15) is 11.6 Å². The van der Waals surface area contributed by atoms with Crippen LogP contribution in [0, 0.1) is 6.92 Å². The zero-order chi connectivity index (χ0) is 19.5. The number of hydrogen-bond acceptors (Lipinski definition) is 5. The monoisotopic (exact) mass is 512 g/mol. The molecule has 2 saturated heterocycles. The van der Waals surface area contributed by atoms with Crippen LogP contribution in [0.15, 0.2) is 29.3 Å². The molecule has 0 radical (unpaired) electrons. The van der Waals surface area contributed by atoms with Crippen molar-refractivity contribution >= 4 is 29.9 Å². The van der Waals surface area contributed by atoms with Crippen molar-refractivity contribution < 1.29 is 9.47 Å². The van der Waals surface area contributed by atoms with Gasteiger partial charge < -0.3 is 24.7 Å². The van der Waals surface area contributed by atoms with Gasteiger partial charge in [-0.05, 0) is 43.9 Å². The molecule has 3 heterocycles. The summed E-state index contributed by atoms with van der Waals surface area (Å²) in [5.41, 5.74) is 1.13. The van der Waals surface area contributed by atoms with Crippen LogP contribution in [-0.4, -0.2) is 46.1 Å². The summed E-state index contributed by atoms with van der Waals surface area (Å²) in [6, 6.07) is 8.29. The molecule has 158 valence electrons. The van der Waals surface area contributed by atoms with E-state index >= 15 is 0 Å². The number of ether oxygens (including phenoxy) is 2. The van der Waals surface area contributed by atoms with Gasteiger partial charge in [-0.3, -0.25) is 0 Å². The first kappa shape index (κ1) is 21.8.